The maximum absolute atomic E-state index is 13.3. The summed E-state index contributed by atoms with van der Waals surface area (Å²) in [6.07, 6.45) is -0.943. The Bertz CT molecular complexity index is 908. The lowest BCUT2D eigenvalue weighted by atomic mass is 10.1. The van der Waals surface area contributed by atoms with Gasteiger partial charge in [-0.25, -0.2) is 17.2 Å². The number of fused-ring (bicyclic) bond motifs is 1. The molecule has 25 heavy (non-hydrogen) atoms. The number of aliphatic hydroxyl groups is 1. The molecule has 2 aromatic carbocycles. The summed E-state index contributed by atoms with van der Waals surface area (Å²) in [5.74, 6) is -5.50. The molecule has 9 heteroatoms. The zero-order valence-corrected chi connectivity index (χ0v) is 13.4. The van der Waals surface area contributed by atoms with Crippen molar-refractivity contribution in [3.05, 3.63) is 53.1 Å². The van der Waals surface area contributed by atoms with E-state index in [9.17, 15) is 31.1 Å². The van der Waals surface area contributed by atoms with Gasteiger partial charge in [-0.3, -0.25) is 0 Å². The van der Waals surface area contributed by atoms with Gasteiger partial charge in [-0.05, 0) is 25.0 Å². The second-order valence-electron chi connectivity index (χ2n) is 5.52. The molecule has 1 aliphatic carbocycles. The van der Waals surface area contributed by atoms with Crippen molar-refractivity contribution in [2.45, 2.75) is 29.6 Å². The minimum Gasteiger partial charge on any atom is -0.457 e. The molecule has 0 bridgehead atoms. The Kier molecular flexibility index (Phi) is 4.46. The van der Waals surface area contributed by atoms with Crippen LogP contribution in [-0.4, -0.2) is 19.3 Å². The lowest BCUT2D eigenvalue weighted by molar-refractivity contribution is 0.176. The lowest BCUT2D eigenvalue weighted by Gasteiger charge is -2.15. The molecule has 1 atom stereocenters. The summed E-state index contributed by atoms with van der Waals surface area (Å²) in [6.45, 7) is 0. The van der Waals surface area contributed by atoms with Crippen molar-refractivity contribution in [2.24, 2.45) is 0 Å². The van der Waals surface area contributed by atoms with E-state index in [-0.39, 0.29) is 35.5 Å². The van der Waals surface area contributed by atoms with Gasteiger partial charge in [0.15, 0.2) is 0 Å². The fourth-order valence-corrected chi connectivity index (χ4v) is 3.84. The third-order valence-electron chi connectivity index (χ3n) is 3.88. The van der Waals surface area contributed by atoms with Crippen molar-refractivity contribution < 1.29 is 35.8 Å². The number of aliphatic hydroxyl groups excluding tert-OH is 1. The van der Waals surface area contributed by atoms with Gasteiger partial charge < -0.3 is 9.84 Å². The highest BCUT2D eigenvalue weighted by molar-refractivity contribution is 7.91. The van der Waals surface area contributed by atoms with Crippen molar-refractivity contribution in [1.82, 2.24) is 0 Å². The van der Waals surface area contributed by atoms with E-state index in [4.69, 9.17) is 4.74 Å². The van der Waals surface area contributed by atoms with Crippen LogP contribution in [0.2, 0.25) is 0 Å². The molecule has 0 radical (unpaired) electrons. The Morgan fingerprint density at radius 3 is 2.36 bits per heavy atom. The first-order valence-corrected chi connectivity index (χ1v) is 8.74. The van der Waals surface area contributed by atoms with Crippen molar-refractivity contribution in [3.8, 4) is 11.5 Å². The van der Waals surface area contributed by atoms with Gasteiger partial charge in [0, 0.05) is 29.3 Å². The fraction of sp³-hybridized carbons (Fsp3) is 0.250. The summed E-state index contributed by atoms with van der Waals surface area (Å²) in [6, 6.07) is 4.53. The van der Waals surface area contributed by atoms with Crippen LogP contribution in [-0.2, 0) is 16.3 Å². The van der Waals surface area contributed by atoms with E-state index in [2.05, 4.69) is 0 Å². The van der Waals surface area contributed by atoms with E-state index in [1.54, 1.807) is 0 Å². The normalized spacial score (nSPS) is 17.0. The van der Waals surface area contributed by atoms with Crippen LogP contribution < -0.4 is 4.74 Å². The Balaban J connectivity index is 2.09. The topological polar surface area (TPSA) is 63.6 Å². The molecule has 0 aliphatic heterocycles. The predicted molar refractivity (Wildman–Crippen MR) is 79.3 cm³/mol. The Morgan fingerprint density at radius 1 is 1.12 bits per heavy atom. The number of ether oxygens (including phenoxy) is 1. The van der Waals surface area contributed by atoms with Crippen molar-refractivity contribution in [2.75, 3.05) is 0 Å². The van der Waals surface area contributed by atoms with Crippen LogP contribution in [0.3, 0.4) is 0 Å². The van der Waals surface area contributed by atoms with Gasteiger partial charge in [0.2, 0.25) is 9.84 Å². The molecule has 0 saturated heterocycles. The lowest BCUT2D eigenvalue weighted by Crippen LogP contribution is -2.15. The van der Waals surface area contributed by atoms with E-state index in [1.165, 1.54) is 0 Å². The molecular weight excluding hydrogens is 364 g/mol. The van der Waals surface area contributed by atoms with Gasteiger partial charge in [0.25, 0.3) is 0 Å². The number of alkyl halides is 2. The van der Waals surface area contributed by atoms with Crippen LogP contribution in [0, 0.1) is 11.6 Å². The predicted octanol–water partition coefficient (Wildman–Crippen LogP) is 3.73. The van der Waals surface area contributed by atoms with Crippen LogP contribution in [0.15, 0.2) is 35.2 Å². The number of sulfone groups is 1. The first kappa shape index (κ1) is 17.7. The number of benzene rings is 2. The first-order valence-electron chi connectivity index (χ1n) is 7.20. The Hall–Kier alpha value is -2.13. The molecular formula is C16H12F4O4S. The third kappa shape index (κ3) is 3.21. The average molecular weight is 376 g/mol. The molecule has 0 saturated carbocycles. The molecule has 1 N–H and O–H groups in total. The maximum Gasteiger partial charge on any atom is 0.341 e. The van der Waals surface area contributed by atoms with Crippen LogP contribution in [0.4, 0.5) is 17.6 Å². The quantitative estimate of drug-likeness (QED) is 0.826. The number of hydrogen-bond donors (Lipinski definition) is 1. The minimum atomic E-state index is -4.91. The van der Waals surface area contributed by atoms with Crippen LogP contribution in [0.1, 0.15) is 23.7 Å². The summed E-state index contributed by atoms with van der Waals surface area (Å²) in [5, 5.41) is 10.0. The van der Waals surface area contributed by atoms with Gasteiger partial charge >= 0.3 is 5.76 Å². The van der Waals surface area contributed by atoms with Crippen LogP contribution in [0.25, 0.3) is 0 Å². The standard InChI is InChI=1S/C16H12F4O4S/c17-8-5-9(18)7-10(6-8)24-13-3-4-14(25(22,23)16(19)20)15-11(13)1-2-12(15)21/h3-7,12,16,21H,1-2H2/t12-/m1/s1. The summed E-state index contributed by atoms with van der Waals surface area (Å²) in [4.78, 5) is -0.666. The zero-order chi connectivity index (χ0) is 18.4. The van der Waals surface area contributed by atoms with Gasteiger partial charge in [-0.15, -0.1) is 0 Å². The third-order valence-corrected chi connectivity index (χ3v) is 5.32. The van der Waals surface area contributed by atoms with E-state index in [0.717, 1.165) is 24.3 Å². The molecule has 4 nitrogen and oxygen atoms in total. The molecule has 2 aromatic rings. The second-order valence-corrected chi connectivity index (χ2v) is 7.41. The molecule has 0 spiro atoms. The van der Waals surface area contributed by atoms with Crippen LogP contribution in [0.5, 0.6) is 11.5 Å². The van der Waals surface area contributed by atoms with Gasteiger partial charge in [-0.2, -0.15) is 8.78 Å². The molecule has 3 rings (SSSR count). The molecule has 0 fully saturated rings. The molecule has 0 unspecified atom stereocenters. The SMILES string of the molecule is O=S(=O)(c1ccc(Oc2cc(F)cc(F)c2)c2c1[C@H](O)CC2)C(F)F. The number of halogens is 4. The highest BCUT2D eigenvalue weighted by Gasteiger charge is 2.36. The maximum atomic E-state index is 13.3. The highest BCUT2D eigenvalue weighted by Crippen LogP contribution is 2.43. The van der Waals surface area contributed by atoms with Crippen molar-refractivity contribution in [1.29, 1.82) is 0 Å². The van der Waals surface area contributed by atoms with E-state index < -0.39 is 38.2 Å². The number of rotatable bonds is 4. The van der Waals surface area contributed by atoms with E-state index >= 15 is 0 Å². The Morgan fingerprint density at radius 2 is 1.76 bits per heavy atom. The zero-order valence-electron chi connectivity index (χ0n) is 12.5. The van der Waals surface area contributed by atoms with Gasteiger partial charge in [0.05, 0.1) is 11.0 Å². The first-order chi connectivity index (χ1) is 11.7. The minimum absolute atomic E-state index is 0.0461. The van der Waals surface area contributed by atoms with E-state index in [1.807, 2.05) is 0 Å². The average Bonchev–Trinajstić information content (AvgIpc) is 2.89. The smallest absolute Gasteiger partial charge is 0.341 e. The summed E-state index contributed by atoms with van der Waals surface area (Å²) in [7, 11) is -4.91. The van der Waals surface area contributed by atoms with E-state index in [0.29, 0.717) is 6.07 Å². The summed E-state index contributed by atoms with van der Waals surface area (Å²) in [5.41, 5.74) is 0.0635. The Labute approximate surface area is 140 Å². The summed E-state index contributed by atoms with van der Waals surface area (Å²) < 4.78 is 81.2. The molecule has 0 aromatic heterocycles. The fourth-order valence-electron chi connectivity index (χ4n) is 2.83. The molecule has 1 aliphatic rings. The largest absolute Gasteiger partial charge is 0.457 e. The van der Waals surface area contributed by atoms with Crippen molar-refractivity contribution in [3.63, 3.8) is 0 Å². The summed E-state index contributed by atoms with van der Waals surface area (Å²) >= 11 is 0. The second kappa shape index (κ2) is 6.30. The van der Waals surface area contributed by atoms with Gasteiger partial charge in [0.1, 0.15) is 23.1 Å². The molecule has 134 valence electrons. The molecule has 0 heterocycles. The molecule has 0 amide bonds. The van der Waals surface area contributed by atoms with Crippen LogP contribution >= 0.6 is 0 Å². The van der Waals surface area contributed by atoms with Gasteiger partial charge in [-0.1, -0.05) is 0 Å². The monoisotopic (exact) mass is 376 g/mol. The highest BCUT2D eigenvalue weighted by atomic mass is 32.2. The van der Waals surface area contributed by atoms with Crippen molar-refractivity contribution >= 4 is 9.84 Å². The number of hydrogen-bond acceptors (Lipinski definition) is 4.